The maximum Gasteiger partial charge on any atom is 0.270 e. The third-order valence-electron chi connectivity index (χ3n) is 4.73. The molecule has 0 aliphatic heterocycles. The third kappa shape index (κ3) is 2.47. The molecule has 0 amide bonds. The zero-order chi connectivity index (χ0) is 17.6. The van der Waals surface area contributed by atoms with Gasteiger partial charge in [0.2, 0.25) is 0 Å². The van der Waals surface area contributed by atoms with E-state index in [1.807, 2.05) is 6.07 Å². The first kappa shape index (κ1) is 15.4. The van der Waals surface area contributed by atoms with Gasteiger partial charge in [0.1, 0.15) is 0 Å². The molecule has 0 aliphatic rings. The summed E-state index contributed by atoms with van der Waals surface area (Å²) < 4.78 is 2.20. The van der Waals surface area contributed by atoms with Gasteiger partial charge in [0.05, 0.1) is 4.92 Å². The molecule has 1 aromatic heterocycles. The van der Waals surface area contributed by atoms with Gasteiger partial charge in [-0.3, -0.25) is 10.1 Å². The van der Waals surface area contributed by atoms with Gasteiger partial charge in [-0.1, -0.05) is 35.9 Å². The Hall–Kier alpha value is -3.14. The minimum absolute atomic E-state index is 0.128. The molecule has 4 aromatic rings. The molecular weight excluding hydrogens is 312 g/mol. The zero-order valence-electron chi connectivity index (χ0n) is 14.2. The Labute approximate surface area is 145 Å². The normalized spacial score (nSPS) is 11.3. The molecule has 3 aromatic carbocycles. The maximum atomic E-state index is 11.2. The average Bonchev–Trinajstić information content (AvgIpc) is 2.93. The zero-order valence-corrected chi connectivity index (χ0v) is 14.2. The Morgan fingerprint density at radius 2 is 1.60 bits per heavy atom. The number of nitro groups is 1. The highest BCUT2D eigenvalue weighted by molar-refractivity contribution is 6.10. The van der Waals surface area contributed by atoms with E-state index in [-0.39, 0.29) is 10.6 Å². The number of benzene rings is 3. The van der Waals surface area contributed by atoms with Crippen molar-refractivity contribution < 1.29 is 4.92 Å². The molecule has 4 rings (SSSR count). The highest BCUT2D eigenvalue weighted by atomic mass is 16.6. The predicted molar refractivity (Wildman–Crippen MR) is 102 cm³/mol. The Bertz CT molecular complexity index is 1130. The minimum Gasteiger partial charge on any atom is -0.341 e. The number of non-ortho nitro benzene ring substituents is 1. The lowest BCUT2D eigenvalue weighted by Gasteiger charge is -2.05. The quantitative estimate of drug-likeness (QED) is 0.357. The van der Waals surface area contributed by atoms with Crippen LogP contribution >= 0.6 is 0 Å². The summed E-state index contributed by atoms with van der Waals surface area (Å²) in [4.78, 5) is 10.8. The van der Waals surface area contributed by atoms with Gasteiger partial charge in [-0.15, -0.1) is 0 Å². The smallest absolute Gasteiger partial charge is 0.270 e. The number of nitro benzene ring substituents is 1. The third-order valence-corrected chi connectivity index (χ3v) is 4.73. The predicted octanol–water partition coefficient (Wildman–Crippen LogP) is 5.70. The number of hydrogen-bond acceptors (Lipinski definition) is 2. The standard InChI is InChI=1S/C21H18N2O2/c1-3-22-20-9-7-16(15-6-4-5-14(2)11-15)12-18(20)19-13-17(23(24)25)8-10-21(19)22/h4-13H,3H2,1-2H3. The number of nitrogens with zero attached hydrogens (tertiary/aromatic N) is 2. The van der Waals surface area contributed by atoms with Crippen LogP contribution in [0.2, 0.25) is 0 Å². The summed E-state index contributed by atoms with van der Waals surface area (Å²) in [5.74, 6) is 0. The summed E-state index contributed by atoms with van der Waals surface area (Å²) in [6.07, 6.45) is 0. The second kappa shape index (κ2) is 5.74. The van der Waals surface area contributed by atoms with E-state index in [1.165, 1.54) is 5.56 Å². The molecule has 4 nitrogen and oxygen atoms in total. The van der Waals surface area contributed by atoms with Crippen molar-refractivity contribution in [3.8, 4) is 11.1 Å². The Kier molecular flexibility index (Phi) is 3.53. The maximum absolute atomic E-state index is 11.2. The molecule has 0 atom stereocenters. The van der Waals surface area contributed by atoms with Crippen molar-refractivity contribution in [1.29, 1.82) is 0 Å². The van der Waals surface area contributed by atoms with E-state index in [0.717, 1.165) is 39.5 Å². The monoisotopic (exact) mass is 330 g/mol. The first-order chi connectivity index (χ1) is 12.1. The fourth-order valence-corrected chi connectivity index (χ4v) is 3.55. The van der Waals surface area contributed by atoms with Crippen LogP contribution in [0.15, 0.2) is 60.7 Å². The van der Waals surface area contributed by atoms with Crippen molar-refractivity contribution in [2.24, 2.45) is 0 Å². The van der Waals surface area contributed by atoms with E-state index in [9.17, 15) is 10.1 Å². The summed E-state index contributed by atoms with van der Waals surface area (Å²) in [7, 11) is 0. The van der Waals surface area contributed by atoms with Crippen LogP contribution in [0.5, 0.6) is 0 Å². The van der Waals surface area contributed by atoms with Crippen LogP contribution in [0.25, 0.3) is 32.9 Å². The van der Waals surface area contributed by atoms with Crippen molar-refractivity contribution >= 4 is 27.5 Å². The van der Waals surface area contributed by atoms with E-state index >= 15 is 0 Å². The SMILES string of the molecule is CCn1c2ccc(-c3cccc(C)c3)cc2c2cc([N+](=O)[O-])ccc21. The highest BCUT2D eigenvalue weighted by Crippen LogP contribution is 2.34. The summed E-state index contributed by atoms with van der Waals surface area (Å²) in [5, 5.41) is 13.2. The fraction of sp³-hybridized carbons (Fsp3) is 0.143. The average molecular weight is 330 g/mol. The highest BCUT2D eigenvalue weighted by Gasteiger charge is 2.14. The lowest BCUT2D eigenvalue weighted by Crippen LogP contribution is -1.93. The largest absolute Gasteiger partial charge is 0.341 e. The molecule has 25 heavy (non-hydrogen) atoms. The first-order valence-corrected chi connectivity index (χ1v) is 8.36. The van der Waals surface area contributed by atoms with Crippen molar-refractivity contribution in [2.45, 2.75) is 20.4 Å². The molecule has 1 heterocycles. The van der Waals surface area contributed by atoms with E-state index in [4.69, 9.17) is 0 Å². The number of hydrogen-bond donors (Lipinski definition) is 0. The molecule has 4 heteroatoms. The molecule has 0 saturated heterocycles. The van der Waals surface area contributed by atoms with Crippen LogP contribution in [0.1, 0.15) is 12.5 Å². The molecule has 124 valence electrons. The van der Waals surface area contributed by atoms with Crippen molar-refractivity contribution in [2.75, 3.05) is 0 Å². The first-order valence-electron chi connectivity index (χ1n) is 8.36. The van der Waals surface area contributed by atoms with Gasteiger partial charge in [-0.2, -0.15) is 0 Å². The summed E-state index contributed by atoms with van der Waals surface area (Å²) >= 11 is 0. The number of aryl methyl sites for hydroxylation is 2. The van der Waals surface area contributed by atoms with Crippen LogP contribution in [-0.2, 0) is 6.54 Å². The summed E-state index contributed by atoms with van der Waals surface area (Å²) in [6, 6.07) is 19.9. The van der Waals surface area contributed by atoms with Gasteiger partial charge in [0, 0.05) is 40.5 Å². The molecule has 0 bridgehead atoms. The number of aromatic nitrogens is 1. The van der Waals surface area contributed by atoms with Gasteiger partial charge >= 0.3 is 0 Å². The van der Waals surface area contributed by atoms with Gasteiger partial charge in [0.25, 0.3) is 5.69 Å². The lowest BCUT2D eigenvalue weighted by molar-refractivity contribution is -0.384. The Morgan fingerprint density at radius 3 is 2.28 bits per heavy atom. The van der Waals surface area contributed by atoms with Crippen LogP contribution < -0.4 is 0 Å². The van der Waals surface area contributed by atoms with E-state index in [2.05, 4.69) is 60.9 Å². The second-order valence-electron chi connectivity index (χ2n) is 6.30. The molecule has 0 fully saturated rings. The molecule has 0 saturated carbocycles. The minimum atomic E-state index is -0.334. The molecular formula is C21H18N2O2. The van der Waals surface area contributed by atoms with Gasteiger partial charge in [-0.25, -0.2) is 0 Å². The van der Waals surface area contributed by atoms with Crippen molar-refractivity contribution in [1.82, 2.24) is 4.57 Å². The topological polar surface area (TPSA) is 48.1 Å². The fourth-order valence-electron chi connectivity index (χ4n) is 3.55. The van der Waals surface area contributed by atoms with Crippen LogP contribution in [-0.4, -0.2) is 9.49 Å². The van der Waals surface area contributed by atoms with Crippen molar-refractivity contribution in [3.05, 3.63) is 76.3 Å². The van der Waals surface area contributed by atoms with Crippen LogP contribution in [0, 0.1) is 17.0 Å². The van der Waals surface area contributed by atoms with Crippen molar-refractivity contribution in [3.63, 3.8) is 0 Å². The second-order valence-corrected chi connectivity index (χ2v) is 6.30. The van der Waals surface area contributed by atoms with Gasteiger partial charge in [-0.05, 0) is 43.2 Å². The number of fused-ring (bicyclic) bond motifs is 3. The summed E-state index contributed by atoms with van der Waals surface area (Å²) in [6.45, 7) is 4.99. The van der Waals surface area contributed by atoms with E-state index in [1.54, 1.807) is 12.1 Å². The Morgan fingerprint density at radius 1 is 0.920 bits per heavy atom. The molecule has 0 aliphatic carbocycles. The number of rotatable bonds is 3. The van der Waals surface area contributed by atoms with E-state index < -0.39 is 0 Å². The van der Waals surface area contributed by atoms with Crippen LogP contribution in [0.3, 0.4) is 0 Å². The summed E-state index contributed by atoms with van der Waals surface area (Å²) in [5.41, 5.74) is 5.76. The van der Waals surface area contributed by atoms with Gasteiger partial charge < -0.3 is 4.57 Å². The molecule has 0 radical (unpaired) electrons. The van der Waals surface area contributed by atoms with Gasteiger partial charge in [0.15, 0.2) is 0 Å². The lowest BCUT2D eigenvalue weighted by atomic mass is 10.0. The van der Waals surface area contributed by atoms with E-state index in [0.29, 0.717) is 0 Å². The molecule has 0 spiro atoms. The molecule has 0 N–H and O–H groups in total. The molecule has 0 unspecified atom stereocenters. The van der Waals surface area contributed by atoms with Crippen LogP contribution in [0.4, 0.5) is 5.69 Å². The Balaban J connectivity index is 2.04.